The third-order valence-corrected chi connectivity index (χ3v) is 3.02. The molecule has 1 amide bonds. The fourth-order valence-electron chi connectivity index (χ4n) is 1.64. The Kier molecular flexibility index (Phi) is 6.62. The van der Waals surface area contributed by atoms with Crippen molar-refractivity contribution in [1.82, 2.24) is 5.32 Å². The smallest absolute Gasteiger partial charge is 0.236 e. The highest BCUT2D eigenvalue weighted by molar-refractivity contribution is 6.31. The fourth-order valence-corrected chi connectivity index (χ4v) is 1.88. The predicted molar refractivity (Wildman–Crippen MR) is 77.5 cm³/mol. The van der Waals surface area contributed by atoms with Crippen LogP contribution in [-0.4, -0.2) is 39.8 Å². The first kappa shape index (κ1) is 15.8. The minimum absolute atomic E-state index is 0.168. The van der Waals surface area contributed by atoms with E-state index in [1.165, 1.54) is 0 Å². The van der Waals surface area contributed by atoms with Gasteiger partial charge in [-0.3, -0.25) is 4.79 Å². The van der Waals surface area contributed by atoms with E-state index >= 15 is 0 Å². The molecular weight excluding hydrogens is 266 g/mol. The van der Waals surface area contributed by atoms with E-state index in [9.17, 15) is 4.79 Å². The van der Waals surface area contributed by atoms with Crippen molar-refractivity contribution >= 4 is 23.2 Å². The molecule has 0 aliphatic heterocycles. The Labute approximate surface area is 118 Å². The van der Waals surface area contributed by atoms with Crippen LogP contribution in [-0.2, 0) is 16.1 Å². The summed E-state index contributed by atoms with van der Waals surface area (Å²) in [7, 11) is 3.46. The van der Waals surface area contributed by atoms with E-state index in [1.807, 2.05) is 18.2 Å². The maximum absolute atomic E-state index is 10.9. The molecule has 0 aliphatic rings. The second kappa shape index (κ2) is 7.99. The van der Waals surface area contributed by atoms with Gasteiger partial charge in [0.05, 0.1) is 13.2 Å². The van der Waals surface area contributed by atoms with Crippen molar-refractivity contribution in [3.05, 3.63) is 28.8 Å². The van der Waals surface area contributed by atoms with Crippen molar-refractivity contribution in [3.8, 4) is 0 Å². The minimum atomic E-state index is -0.371. The van der Waals surface area contributed by atoms with Crippen molar-refractivity contribution < 1.29 is 9.53 Å². The molecule has 0 radical (unpaired) electrons. The first-order chi connectivity index (χ1) is 9.04. The summed E-state index contributed by atoms with van der Waals surface area (Å²) in [5.74, 6) is -0.371. The van der Waals surface area contributed by atoms with Gasteiger partial charge >= 0.3 is 0 Å². The van der Waals surface area contributed by atoms with Crippen LogP contribution in [0.1, 0.15) is 5.56 Å². The number of nitrogens with one attached hydrogen (secondary N) is 1. The van der Waals surface area contributed by atoms with Crippen LogP contribution in [0.2, 0.25) is 5.02 Å². The van der Waals surface area contributed by atoms with E-state index in [-0.39, 0.29) is 12.5 Å². The fraction of sp³-hybridized carbons (Fsp3) is 0.462. The van der Waals surface area contributed by atoms with Crippen molar-refractivity contribution in [2.45, 2.75) is 6.54 Å². The lowest BCUT2D eigenvalue weighted by Crippen LogP contribution is -2.30. The second-order valence-electron chi connectivity index (χ2n) is 4.27. The number of carbonyl (C=O) groups excluding carboxylic acids is 1. The Balaban J connectivity index is 2.61. The Hall–Kier alpha value is -1.30. The summed E-state index contributed by atoms with van der Waals surface area (Å²) in [6.07, 6.45) is 0. The van der Waals surface area contributed by atoms with Gasteiger partial charge in [-0.15, -0.1) is 0 Å². The van der Waals surface area contributed by atoms with Gasteiger partial charge in [0.1, 0.15) is 0 Å². The number of carbonyl (C=O) groups is 1. The van der Waals surface area contributed by atoms with E-state index in [4.69, 9.17) is 22.1 Å². The lowest BCUT2D eigenvalue weighted by molar-refractivity contribution is -0.116. The topological polar surface area (TPSA) is 67.6 Å². The third-order valence-electron chi connectivity index (χ3n) is 2.67. The molecule has 3 N–H and O–H groups in total. The van der Waals surface area contributed by atoms with Crippen LogP contribution in [0.15, 0.2) is 18.2 Å². The molecule has 0 fully saturated rings. The van der Waals surface area contributed by atoms with Crippen LogP contribution in [0.5, 0.6) is 0 Å². The van der Waals surface area contributed by atoms with E-state index in [0.29, 0.717) is 18.2 Å². The normalized spacial score (nSPS) is 10.5. The average molecular weight is 286 g/mol. The Morgan fingerprint density at radius 3 is 2.84 bits per heavy atom. The van der Waals surface area contributed by atoms with Crippen molar-refractivity contribution in [2.75, 3.05) is 38.8 Å². The van der Waals surface area contributed by atoms with Gasteiger partial charge in [-0.25, -0.2) is 0 Å². The lowest BCUT2D eigenvalue weighted by atomic mass is 10.2. The number of primary amides is 1. The highest BCUT2D eigenvalue weighted by atomic mass is 35.5. The number of hydrogen-bond acceptors (Lipinski definition) is 4. The Bertz CT molecular complexity index is 426. The Morgan fingerprint density at radius 2 is 2.26 bits per heavy atom. The average Bonchev–Trinajstić information content (AvgIpc) is 2.35. The number of amides is 1. The van der Waals surface area contributed by atoms with Gasteiger partial charge in [0, 0.05) is 38.0 Å². The van der Waals surface area contributed by atoms with Crippen molar-refractivity contribution in [1.29, 1.82) is 0 Å². The van der Waals surface area contributed by atoms with Gasteiger partial charge in [-0.05, 0) is 17.7 Å². The summed E-state index contributed by atoms with van der Waals surface area (Å²) in [5.41, 5.74) is 7.03. The zero-order chi connectivity index (χ0) is 14.3. The monoisotopic (exact) mass is 285 g/mol. The van der Waals surface area contributed by atoms with E-state index < -0.39 is 0 Å². The van der Waals surface area contributed by atoms with Crippen molar-refractivity contribution in [2.24, 2.45) is 5.73 Å². The number of halogens is 1. The van der Waals surface area contributed by atoms with Crippen LogP contribution in [0.4, 0.5) is 5.69 Å². The van der Waals surface area contributed by atoms with Crippen LogP contribution in [0, 0.1) is 0 Å². The number of methoxy groups -OCH3 is 1. The maximum atomic E-state index is 10.9. The van der Waals surface area contributed by atoms with E-state index in [0.717, 1.165) is 17.8 Å². The number of ether oxygens (including phenoxy) is 1. The Morgan fingerprint density at radius 1 is 1.53 bits per heavy atom. The molecule has 0 saturated carbocycles. The van der Waals surface area contributed by atoms with Gasteiger partial charge < -0.3 is 20.7 Å². The first-order valence-corrected chi connectivity index (χ1v) is 6.40. The molecule has 1 aromatic rings. The molecule has 6 heteroatoms. The summed E-state index contributed by atoms with van der Waals surface area (Å²) in [4.78, 5) is 12.6. The van der Waals surface area contributed by atoms with Gasteiger partial charge in [0.2, 0.25) is 5.91 Å². The molecule has 19 heavy (non-hydrogen) atoms. The highest BCUT2D eigenvalue weighted by Crippen LogP contribution is 2.22. The summed E-state index contributed by atoms with van der Waals surface area (Å²) in [5, 5.41) is 3.89. The van der Waals surface area contributed by atoms with Crippen molar-refractivity contribution in [3.63, 3.8) is 0 Å². The zero-order valence-corrected chi connectivity index (χ0v) is 12.0. The number of likely N-dealkylation sites (N-methyl/N-ethyl adjacent to an activating group) is 1. The minimum Gasteiger partial charge on any atom is -0.383 e. The standard InChI is InChI=1S/C13H20ClN3O2/c1-17(9-13(15)18)11-4-3-10(12(14)7-11)8-16-5-6-19-2/h3-4,7,16H,5-6,8-9H2,1-2H3,(H2,15,18). The van der Waals surface area contributed by atoms with Gasteiger partial charge in [0.15, 0.2) is 0 Å². The van der Waals surface area contributed by atoms with Crippen LogP contribution in [0.25, 0.3) is 0 Å². The quantitative estimate of drug-likeness (QED) is 0.699. The molecule has 106 valence electrons. The molecule has 1 aromatic carbocycles. The highest BCUT2D eigenvalue weighted by Gasteiger charge is 2.07. The summed E-state index contributed by atoms with van der Waals surface area (Å²) >= 11 is 6.21. The molecule has 0 bridgehead atoms. The number of nitrogens with zero attached hydrogens (tertiary/aromatic N) is 1. The number of benzene rings is 1. The molecule has 0 aliphatic carbocycles. The molecular formula is C13H20ClN3O2. The summed E-state index contributed by atoms with van der Waals surface area (Å²) in [6, 6.07) is 5.69. The van der Waals surface area contributed by atoms with Gasteiger partial charge in [-0.1, -0.05) is 17.7 Å². The SMILES string of the molecule is COCCNCc1ccc(N(C)CC(N)=O)cc1Cl. The first-order valence-electron chi connectivity index (χ1n) is 6.02. The van der Waals surface area contributed by atoms with Crippen LogP contribution in [0.3, 0.4) is 0 Å². The van der Waals surface area contributed by atoms with Crippen LogP contribution >= 0.6 is 11.6 Å². The number of rotatable bonds is 8. The predicted octanol–water partition coefficient (Wildman–Crippen LogP) is 0.998. The largest absolute Gasteiger partial charge is 0.383 e. The zero-order valence-electron chi connectivity index (χ0n) is 11.3. The molecule has 5 nitrogen and oxygen atoms in total. The summed E-state index contributed by atoms with van der Waals surface area (Å²) in [6.45, 7) is 2.29. The maximum Gasteiger partial charge on any atom is 0.236 e. The molecule has 0 heterocycles. The second-order valence-corrected chi connectivity index (χ2v) is 4.67. The van der Waals surface area contributed by atoms with E-state index in [1.54, 1.807) is 19.1 Å². The van der Waals surface area contributed by atoms with Gasteiger partial charge in [-0.2, -0.15) is 0 Å². The van der Waals surface area contributed by atoms with Gasteiger partial charge in [0.25, 0.3) is 0 Å². The van der Waals surface area contributed by atoms with Crippen LogP contribution < -0.4 is 16.0 Å². The lowest BCUT2D eigenvalue weighted by Gasteiger charge is -2.18. The number of anilines is 1. The summed E-state index contributed by atoms with van der Waals surface area (Å²) < 4.78 is 4.95. The molecule has 1 rings (SSSR count). The molecule has 0 atom stereocenters. The number of hydrogen-bond donors (Lipinski definition) is 2. The third kappa shape index (κ3) is 5.46. The molecule has 0 saturated heterocycles. The molecule has 0 spiro atoms. The molecule has 0 aromatic heterocycles. The number of nitrogens with two attached hydrogens (primary N) is 1. The molecule has 0 unspecified atom stereocenters. The van der Waals surface area contributed by atoms with E-state index in [2.05, 4.69) is 5.32 Å².